The van der Waals surface area contributed by atoms with Crippen LogP contribution in [0.25, 0.3) is 11.1 Å². The molecule has 4 heteroatoms. The van der Waals surface area contributed by atoms with E-state index in [-0.39, 0.29) is 5.97 Å². The number of aromatic amines is 1. The Morgan fingerprint density at radius 2 is 1.77 bits per heavy atom. The largest absolute Gasteiger partial charge is 0.461 e. The standard InChI is InChI=1S/C18H24N2O2/c1-5-20(6-2)17-13(4)15(14-11-9-8-10-12-14)16(19-17)18(21)22-7-3/h8-12,19H,5-7H2,1-4H3. The van der Waals surface area contributed by atoms with Gasteiger partial charge in [0.2, 0.25) is 0 Å². The number of carbonyl (C=O) groups is 1. The second-order valence-corrected chi connectivity index (χ2v) is 5.11. The van der Waals surface area contributed by atoms with Crippen LogP contribution in [0.2, 0.25) is 0 Å². The Hall–Kier alpha value is -2.23. The molecule has 0 bridgehead atoms. The average Bonchev–Trinajstić information content (AvgIpc) is 2.88. The first-order chi connectivity index (χ1) is 10.6. The fraction of sp³-hybridized carbons (Fsp3) is 0.389. The van der Waals surface area contributed by atoms with Gasteiger partial charge in [-0.25, -0.2) is 4.79 Å². The number of aromatic nitrogens is 1. The van der Waals surface area contributed by atoms with Crippen LogP contribution in [-0.4, -0.2) is 30.6 Å². The molecule has 0 saturated carbocycles. The molecule has 22 heavy (non-hydrogen) atoms. The maximum Gasteiger partial charge on any atom is 0.355 e. The number of rotatable bonds is 6. The van der Waals surface area contributed by atoms with Crippen molar-refractivity contribution in [1.29, 1.82) is 0 Å². The molecular formula is C18H24N2O2. The number of benzene rings is 1. The second kappa shape index (κ2) is 7.16. The van der Waals surface area contributed by atoms with Gasteiger partial charge in [0, 0.05) is 18.7 Å². The zero-order valence-corrected chi connectivity index (χ0v) is 13.8. The molecule has 4 nitrogen and oxygen atoms in total. The quantitative estimate of drug-likeness (QED) is 0.820. The number of hydrogen-bond acceptors (Lipinski definition) is 3. The Morgan fingerprint density at radius 1 is 1.14 bits per heavy atom. The maximum atomic E-state index is 12.3. The SMILES string of the molecule is CCOC(=O)c1[nH]c(N(CC)CC)c(C)c1-c1ccccc1. The average molecular weight is 300 g/mol. The van der Waals surface area contributed by atoms with Crippen LogP contribution >= 0.6 is 0 Å². The molecule has 0 spiro atoms. The van der Waals surface area contributed by atoms with Gasteiger partial charge in [-0.05, 0) is 38.8 Å². The van der Waals surface area contributed by atoms with Crippen LogP contribution in [0.3, 0.4) is 0 Å². The van der Waals surface area contributed by atoms with Gasteiger partial charge in [0.15, 0.2) is 0 Å². The number of H-pyrrole nitrogens is 1. The topological polar surface area (TPSA) is 45.3 Å². The Balaban J connectivity index is 2.60. The van der Waals surface area contributed by atoms with Crippen LogP contribution < -0.4 is 4.90 Å². The Labute approximate surface area is 132 Å². The minimum Gasteiger partial charge on any atom is -0.461 e. The molecule has 0 unspecified atom stereocenters. The highest BCUT2D eigenvalue weighted by atomic mass is 16.5. The summed E-state index contributed by atoms with van der Waals surface area (Å²) in [7, 11) is 0. The van der Waals surface area contributed by atoms with Gasteiger partial charge in [-0.1, -0.05) is 30.3 Å². The zero-order chi connectivity index (χ0) is 16.1. The summed E-state index contributed by atoms with van der Waals surface area (Å²) in [6.45, 7) is 10.2. The van der Waals surface area contributed by atoms with Gasteiger partial charge < -0.3 is 14.6 Å². The smallest absolute Gasteiger partial charge is 0.355 e. The van der Waals surface area contributed by atoms with Gasteiger partial charge in [0.05, 0.1) is 6.61 Å². The van der Waals surface area contributed by atoms with E-state index in [0.29, 0.717) is 12.3 Å². The van der Waals surface area contributed by atoms with Crippen LogP contribution in [0.15, 0.2) is 30.3 Å². The van der Waals surface area contributed by atoms with Crippen molar-refractivity contribution in [1.82, 2.24) is 4.98 Å². The summed E-state index contributed by atoms with van der Waals surface area (Å²) >= 11 is 0. The number of esters is 1. The highest BCUT2D eigenvalue weighted by molar-refractivity contribution is 5.98. The first-order valence-electron chi connectivity index (χ1n) is 7.83. The number of anilines is 1. The lowest BCUT2D eigenvalue weighted by atomic mass is 10.0. The van der Waals surface area contributed by atoms with Crippen molar-refractivity contribution < 1.29 is 9.53 Å². The summed E-state index contributed by atoms with van der Waals surface area (Å²) in [4.78, 5) is 17.8. The predicted molar refractivity (Wildman–Crippen MR) is 90.5 cm³/mol. The zero-order valence-electron chi connectivity index (χ0n) is 13.8. The summed E-state index contributed by atoms with van der Waals surface area (Å²) in [6, 6.07) is 9.97. The monoisotopic (exact) mass is 300 g/mol. The fourth-order valence-corrected chi connectivity index (χ4v) is 2.76. The van der Waals surface area contributed by atoms with Crippen molar-refractivity contribution in [2.75, 3.05) is 24.6 Å². The first-order valence-corrected chi connectivity index (χ1v) is 7.83. The molecule has 0 radical (unpaired) electrons. The molecule has 0 saturated heterocycles. The predicted octanol–water partition coefficient (Wildman–Crippen LogP) is 4.01. The molecule has 1 N–H and O–H groups in total. The van der Waals surface area contributed by atoms with E-state index in [1.54, 1.807) is 0 Å². The number of hydrogen-bond donors (Lipinski definition) is 1. The number of nitrogens with zero attached hydrogens (tertiary/aromatic N) is 1. The van der Waals surface area contributed by atoms with E-state index in [9.17, 15) is 4.79 Å². The summed E-state index contributed by atoms with van der Waals surface area (Å²) in [5, 5.41) is 0. The van der Waals surface area contributed by atoms with E-state index < -0.39 is 0 Å². The lowest BCUT2D eigenvalue weighted by Crippen LogP contribution is -2.23. The molecule has 0 atom stereocenters. The maximum absolute atomic E-state index is 12.3. The third-order valence-corrected chi connectivity index (χ3v) is 3.85. The van der Waals surface area contributed by atoms with Crippen molar-refractivity contribution in [3.63, 3.8) is 0 Å². The molecule has 0 amide bonds. The molecule has 0 aliphatic carbocycles. The minimum atomic E-state index is -0.303. The van der Waals surface area contributed by atoms with Crippen molar-refractivity contribution >= 4 is 11.8 Å². The van der Waals surface area contributed by atoms with Gasteiger partial charge in [-0.3, -0.25) is 0 Å². The number of carbonyl (C=O) groups excluding carboxylic acids is 1. The van der Waals surface area contributed by atoms with E-state index in [4.69, 9.17) is 4.74 Å². The van der Waals surface area contributed by atoms with E-state index in [1.807, 2.05) is 37.3 Å². The lowest BCUT2D eigenvalue weighted by molar-refractivity contribution is 0.0521. The fourth-order valence-electron chi connectivity index (χ4n) is 2.76. The van der Waals surface area contributed by atoms with Gasteiger partial charge in [-0.15, -0.1) is 0 Å². The summed E-state index contributed by atoms with van der Waals surface area (Å²) < 4.78 is 5.22. The van der Waals surface area contributed by atoms with Gasteiger partial charge in [-0.2, -0.15) is 0 Å². The minimum absolute atomic E-state index is 0.303. The molecule has 2 rings (SSSR count). The molecule has 1 heterocycles. The van der Waals surface area contributed by atoms with Crippen LogP contribution in [0.1, 0.15) is 36.8 Å². The van der Waals surface area contributed by atoms with Crippen molar-refractivity contribution in [3.05, 3.63) is 41.6 Å². The van der Waals surface area contributed by atoms with Gasteiger partial charge in [0.25, 0.3) is 0 Å². The molecular weight excluding hydrogens is 276 g/mol. The Morgan fingerprint density at radius 3 is 2.32 bits per heavy atom. The molecule has 0 fully saturated rings. The molecule has 0 aliphatic heterocycles. The van der Waals surface area contributed by atoms with Crippen molar-refractivity contribution in [2.24, 2.45) is 0 Å². The lowest BCUT2D eigenvalue weighted by Gasteiger charge is -2.20. The summed E-state index contributed by atoms with van der Waals surface area (Å²) in [5.74, 6) is 0.690. The molecule has 1 aromatic carbocycles. The molecule has 1 aromatic heterocycles. The number of ether oxygens (including phenoxy) is 1. The van der Waals surface area contributed by atoms with Gasteiger partial charge in [0.1, 0.15) is 11.5 Å². The molecule has 118 valence electrons. The van der Waals surface area contributed by atoms with Gasteiger partial charge >= 0.3 is 5.97 Å². The summed E-state index contributed by atoms with van der Waals surface area (Å²) in [6.07, 6.45) is 0. The summed E-state index contributed by atoms with van der Waals surface area (Å²) in [5.41, 5.74) is 3.57. The second-order valence-electron chi connectivity index (χ2n) is 5.11. The van der Waals surface area contributed by atoms with Crippen LogP contribution in [-0.2, 0) is 4.74 Å². The Kier molecular flexibility index (Phi) is 5.26. The van der Waals surface area contributed by atoms with E-state index in [0.717, 1.165) is 35.6 Å². The highest BCUT2D eigenvalue weighted by Gasteiger charge is 2.23. The third kappa shape index (κ3) is 3.01. The Bertz CT molecular complexity index is 628. The van der Waals surface area contributed by atoms with Crippen molar-refractivity contribution in [3.8, 4) is 11.1 Å². The van der Waals surface area contributed by atoms with Crippen molar-refractivity contribution in [2.45, 2.75) is 27.7 Å². The normalized spacial score (nSPS) is 10.5. The number of nitrogens with one attached hydrogen (secondary N) is 1. The third-order valence-electron chi connectivity index (χ3n) is 3.85. The first kappa shape index (κ1) is 16.1. The van der Waals surface area contributed by atoms with Crippen LogP contribution in [0.5, 0.6) is 0 Å². The van der Waals surface area contributed by atoms with E-state index >= 15 is 0 Å². The molecule has 2 aromatic rings. The van der Waals surface area contributed by atoms with E-state index in [2.05, 4.69) is 30.7 Å². The highest BCUT2D eigenvalue weighted by Crippen LogP contribution is 2.34. The van der Waals surface area contributed by atoms with Crippen LogP contribution in [0, 0.1) is 6.92 Å². The van der Waals surface area contributed by atoms with Crippen LogP contribution in [0.4, 0.5) is 5.82 Å². The van der Waals surface area contributed by atoms with E-state index in [1.165, 1.54) is 0 Å². The molecule has 0 aliphatic rings.